The average Bonchev–Trinajstić information content (AvgIpc) is 2.56. The lowest BCUT2D eigenvalue weighted by atomic mass is 10.2. The highest BCUT2D eigenvalue weighted by molar-refractivity contribution is 9.10. The van der Waals surface area contributed by atoms with E-state index in [-0.39, 0.29) is 23.9 Å². The van der Waals surface area contributed by atoms with Gasteiger partial charge in [-0.25, -0.2) is 0 Å². The van der Waals surface area contributed by atoms with Crippen LogP contribution >= 0.6 is 15.9 Å². The Kier molecular flexibility index (Phi) is 7.40. The Morgan fingerprint density at radius 3 is 2.24 bits per heavy atom. The van der Waals surface area contributed by atoms with Crippen molar-refractivity contribution in [1.29, 1.82) is 0 Å². The zero-order chi connectivity index (χ0) is 18.4. The Balaban J connectivity index is 1.78. The van der Waals surface area contributed by atoms with Gasteiger partial charge in [-0.3, -0.25) is 9.59 Å². The SMILES string of the molecule is CC(C)NC(=O)C[NH+]1CC[NH+]([C@H](C)C(=O)Nc2ccc(Br)cc2)CC1. The van der Waals surface area contributed by atoms with Gasteiger partial charge in [0.1, 0.15) is 26.2 Å². The first-order chi connectivity index (χ1) is 11.8. The van der Waals surface area contributed by atoms with Gasteiger partial charge in [0.25, 0.3) is 11.8 Å². The lowest BCUT2D eigenvalue weighted by molar-refractivity contribution is -1.01. The molecule has 1 heterocycles. The summed E-state index contributed by atoms with van der Waals surface area (Å²) in [7, 11) is 0. The van der Waals surface area contributed by atoms with Crippen LogP contribution in [0.15, 0.2) is 28.7 Å². The summed E-state index contributed by atoms with van der Waals surface area (Å²) >= 11 is 3.39. The number of benzene rings is 1. The van der Waals surface area contributed by atoms with E-state index >= 15 is 0 Å². The first-order valence-corrected chi connectivity index (χ1v) is 9.68. The Hall–Kier alpha value is -1.44. The molecule has 25 heavy (non-hydrogen) atoms. The summed E-state index contributed by atoms with van der Waals surface area (Å²) in [6.07, 6.45) is 0. The van der Waals surface area contributed by atoms with Crippen molar-refractivity contribution in [3.05, 3.63) is 28.7 Å². The molecule has 1 aromatic carbocycles. The second-order valence-electron chi connectivity index (χ2n) is 7.03. The number of carbonyl (C=O) groups excluding carboxylic acids is 2. The standard InChI is InChI=1S/C18H27BrN4O2/c1-13(2)20-17(24)12-22-8-10-23(11-9-22)14(3)18(25)21-16-6-4-15(19)5-7-16/h4-7,13-14H,8-12H2,1-3H3,(H,20,24)(H,21,25)/p+2/t14-/m1/s1. The highest BCUT2D eigenvalue weighted by Crippen LogP contribution is 2.14. The van der Waals surface area contributed by atoms with Crippen LogP contribution in [0.3, 0.4) is 0 Å². The number of hydrogen-bond donors (Lipinski definition) is 4. The van der Waals surface area contributed by atoms with Crippen molar-refractivity contribution >= 4 is 33.4 Å². The lowest BCUT2D eigenvalue weighted by Crippen LogP contribution is -3.30. The number of amides is 2. The molecular formula is C18H29BrN4O2+2. The van der Waals surface area contributed by atoms with Crippen molar-refractivity contribution in [2.24, 2.45) is 0 Å². The molecule has 6 nitrogen and oxygen atoms in total. The summed E-state index contributed by atoms with van der Waals surface area (Å²) in [4.78, 5) is 26.9. The molecule has 0 spiro atoms. The Morgan fingerprint density at radius 1 is 1.08 bits per heavy atom. The topological polar surface area (TPSA) is 67.1 Å². The number of nitrogens with one attached hydrogen (secondary N) is 4. The predicted molar refractivity (Wildman–Crippen MR) is 102 cm³/mol. The number of carbonyl (C=O) groups is 2. The largest absolute Gasteiger partial charge is 0.349 e. The van der Waals surface area contributed by atoms with E-state index in [4.69, 9.17) is 0 Å². The van der Waals surface area contributed by atoms with Crippen LogP contribution in [-0.4, -0.2) is 56.6 Å². The maximum atomic E-state index is 12.5. The molecule has 1 saturated heterocycles. The Bertz CT molecular complexity index is 583. The third-order valence-electron chi connectivity index (χ3n) is 4.58. The summed E-state index contributed by atoms with van der Waals surface area (Å²) in [6.45, 7) is 10.1. The molecule has 0 saturated carbocycles. The summed E-state index contributed by atoms with van der Waals surface area (Å²) < 4.78 is 0.991. The van der Waals surface area contributed by atoms with Gasteiger partial charge in [0.2, 0.25) is 0 Å². The molecule has 2 rings (SSSR count). The highest BCUT2D eigenvalue weighted by Gasteiger charge is 2.31. The maximum Gasteiger partial charge on any atom is 0.282 e. The van der Waals surface area contributed by atoms with Crippen LogP contribution in [0.4, 0.5) is 5.69 Å². The fourth-order valence-electron chi connectivity index (χ4n) is 3.10. The molecule has 138 valence electrons. The van der Waals surface area contributed by atoms with Crippen LogP contribution in [0.2, 0.25) is 0 Å². The Labute approximate surface area is 158 Å². The van der Waals surface area contributed by atoms with Gasteiger partial charge in [0.15, 0.2) is 12.6 Å². The van der Waals surface area contributed by atoms with Crippen LogP contribution in [-0.2, 0) is 9.59 Å². The van der Waals surface area contributed by atoms with Gasteiger partial charge in [-0.2, -0.15) is 0 Å². The number of piperazine rings is 1. The first-order valence-electron chi connectivity index (χ1n) is 8.89. The van der Waals surface area contributed by atoms with Gasteiger partial charge in [-0.15, -0.1) is 0 Å². The minimum absolute atomic E-state index is 0.0401. The zero-order valence-corrected chi connectivity index (χ0v) is 16.8. The van der Waals surface area contributed by atoms with E-state index in [9.17, 15) is 9.59 Å². The third kappa shape index (κ3) is 6.41. The van der Waals surface area contributed by atoms with Crippen molar-refractivity contribution in [2.45, 2.75) is 32.9 Å². The third-order valence-corrected chi connectivity index (χ3v) is 5.11. The first kappa shape index (κ1) is 19.9. The Morgan fingerprint density at radius 2 is 1.68 bits per heavy atom. The summed E-state index contributed by atoms with van der Waals surface area (Å²) in [6, 6.07) is 7.68. The molecule has 1 aliphatic heterocycles. The van der Waals surface area contributed by atoms with E-state index in [1.807, 2.05) is 45.0 Å². The summed E-state index contributed by atoms with van der Waals surface area (Å²) in [5.74, 6) is 0.146. The van der Waals surface area contributed by atoms with Gasteiger partial charge >= 0.3 is 0 Å². The van der Waals surface area contributed by atoms with Crippen molar-refractivity contribution in [3.63, 3.8) is 0 Å². The number of rotatable bonds is 6. The molecule has 1 fully saturated rings. The minimum Gasteiger partial charge on any atom is -0.349 e. The van der Waals surface area contributed by atoms with Gasteiger partial charge in [-0.1, -0.05) is 15.9 Å². The van der Waals surface area contributed by atoms with Crippen LogP contribution in [0, 0.1) is 0 Å². The van der Waals surface area contributed by atoms with Crippen LogP contribution in [0.1, 0.15) is 20.8 Å². The molecule has 1 atom stereocenters. The smallest absolute Gasteiger partial charge is 0.282 e. The van der Waals surface area contributed by atoms with E-state index < -0.39 is 0 Å². The quantitative estimate of drug-likeness (QED) is 0.488. The van der Waals surface area contributed by atoms with Crippen LogP contribution in [0.25, 0.3) is 0 Å². The zero-order valence-electron chi connectivity index (χ0n) is 15.2. The number of quaternary nitrogens is 2. The molecule has 2 amide bonds. The molecule has 0 unspecified atom stereocenters. The molecule has 0 aliphatic carbocycles. The molecule has 1 aliphatic rings. The van der Waals surface area contributed by atoms with Crippen LogP contribution < -0.4 is 20.4 Å². The maximum absolute atomic E-state index is 12.5. The molecule has 7 heteroatoms. The average molecular weight is 413 g/mol. The van der Waals surface area contributed by atoms with Crippen molar-refractivity contribution in [1.82, 2.24) is 5.32 Å². The molecule has 4 N–H and O–H groups in total. The molecule has 0 radical (unpaired) electrons. The molecular weight excluding hydrogens is 384 g/mol. The van der Waals surface area contributed by atoms with E-state index in [1.54, 1.807) is 0 Å². The summed E-state index contributed by atoms with van der Waals surface area (Å²) in [5.41, 5.74) is 0.814. The lowest BCUT2D eigenvalue weighted by Gasteiger charge is -2.32. The highest BCUT2D eigenvalue weighted by atomic mass is 79.9. The van der Waals surface area contributed by atoms with Gasteiger partial charge in [0, 0.05) is 16.2 Å². The van der Waals surface area contributed by atoms with E-state index in [1.165, 1.54) is 9.80 Å². The molecule has 0 bridgehead atoms. The second kappa shape index (κ2) is 9.31. The second-order valence-corrected chi connectivity index (χ2v) is 7.94. The monoisotopic (exact) mass is 412 g/mol. The minimum atomic E-state index is -0.102. The fraction of sp³-hybridized carbons (Fsp3) is 0.556. The van der Waals surface area contributed by atoms with Gasteiger partial charge in [0.05, 0.1) is 0 Å². The number of halogens is 1. The molecule has 1 aromatic rings. The molecule has 0 aromatic heterocycles. The predicted octanol–water partition coefficient (Wildman–Crippen LogP) is -0.916. The number of anilines is 1. The van der Waals surface area contributed by atoms with Gasteiger partial charge in [-0.05, 0) is 45.0 Å². The van der Waals surface area contributed by atoms with Crippen molar-refractivity contribution < 1.29 is 19.4 Å². The van der Waals surface area contributed by atoms with E-state index in [0.29, 0.717) is 6.54 Å². The number of hydrogen-bond acceptors (Lipinski definition) is 2. The normalized spacial score (nSPS) is 21.6. The van der Waals surface area contributed by atoms with Gasteiger partial charge < -0.3 is 20.4 Å². The van der Waals surface area contributed by atoms with E-state index in [0.717, 1.165) is 36.3 Å². The van der Waals surface area contributed by atoms with Crippen molar-refractivity contribution in [3.8, 4) is 0 Å². The van der Waals surface area contributed by atoms with Crippen molar-refractivity contribution in [2.75, 3.05) is 38.0 Å². The van der Waals surface area contributed by atoms with E-state index in [2.05, 4.69) is 26.6 Å². The fourth-order valence-corrected chi connectivity index (χ4v) is 3.37. The summed E-state index contributed by atoms with van der Waals surface area (Å²) in [5, 5.41) is 5.92. The van der Waals surface area contributed by atoms with Crippen LogP contribution in [0.5, 0.6) is 0 Å².